The summed E-state index contributed by atoms with van der Waals surface area (Å²) in [7, 11) is 1.66. The number of nitrogens with zero attached hydrogens (tertiary/aromatic N) is 1. The van der Waals surface area contributed by atoms with Gasteiger partial charge >= 0.3 is 0 Å². The minimum atomic E-state index is -0.0740. The molecule has 1 aliphatic heterocycles. The van der Waals surface area contributed by atoms with Crippen molar-refractivity contribution in [2.24, 2.45) is 4.99 Å². The van der Waals surface area contributed by atoms with Crippen molar-refractivity contribution in [1.82, 2.24) is 5.32 Å². The van der Waals surface area contributed by atoms with E-state index in [-0.39, 0.29) is 5.91 Å². The van der Waals surface area contributed by atoms with Crippen LogP contribution in [-0.2, 0) is 11.2 Å². The highest BCUT2D eigenvalue weighted by Crippen LogP contribution is 2.40. The molecule has 0 saturated carbocycles. The summed E-state index contributed by atoms with van der Waals surface area (Å²) in [6.07, 6.45) is 3.70. The second kappa shape index (κ2) is 8.32. The third-order valence-electron chi connectivity index (χ3n) is 4.12. The molecule has 0 unspecified atom stereocenters. The van der Waals surface area contributed by atoms with Crippen LogP contribution in [0, 0.1) is 0 Å². The molecule has 0 radical (unpaired) electrons. The summed E-state index contributed by atoms with van der Waals surface area (Å²) in [6, 6.07) is 12.1. The van der Waals surface area contributed by atoms with Gasteiger partial charge in [0.05, 0.1) is 5.69 Å². The second-order valence-corrected chi connectivity index (χ2v) is 6.91. The van der Waals surface area contributed by atoms with E-state index >= 15 is 0 Å². The molecule has 2 aromatic carbocycles. The van der Waals surface area contributed by atoms with Crippen LogP contribution < -0.4 is 5.32 Å². The highest BCUT2D eigenvalue weighted by atomic mass is 32.2. The van der Waals surface area contributed by atoms with Gasteiger partial charge in [-0.3, -0.25) is 9.79 Å². The zero-order valence-electron chi connectivity index (χ0n) is 14.5. The predicted molar refractivity (Wildman–Crippen MR) is 102 cm³/mol. The highest BCUT2D eigenvalue weighted by Gasteiger charge is 2.15. The maximum atomic E-state index is 12.3. The van der Waals surface area contributed by atoms with E-state index in [0.717, 1.165) is 23.4 Å². The first-order valence-corrected chi connectivity index (χ1v) is 9.29. The molecule has 5 heteroatoms. The monoisotopic (exact) mass is 354 g/mol. The van der Waals surface area contributed by atoms with Crippen molar-refractivity contribution in [3.8, 4) is 0 Å². The predicted octanol–water partition coefficient (Wildman–Crippen LogP) is 4.23. The van der Waals surface area contributed by atoms with Crippen LogP contribution in [0.25, 0.3) is 0 Å². The number of methoxy groups -OCH3 is 1. The van der Waals surface area contributed by atoms with E-state index in [9.17, 15) is 4.79 Å². The summed E-state index contributed by atoms with van der Waals surface area (Å²) in [5, 5.41) is 2.91. The molecule has 0 aromatic heterocycles. The third-order valence-corrected chi connectivity index (χ3v) is 5.26. The number of amides is 1. The topological polar surface area (TPSA) is 50.7 Å². The molecule has 1 heterocycles. The van der Waals surface area contributed by atoms with E-state index in [0.29, 0.717) is 18.7 Å². The lowest BCUT2D eigenvalue weighted by Gasteiger charge is -2.09. The first-order valence-electron chi connectivity index (χ1n) is 8.48. The average molecular weight is 354 g/mol. The van der Waals surface area contributed by atoms with Gasteiger partial charge in [-0.1, -0.05) is 30.8 Å². The fourth-order valence-electron chi connectivity index (χ4n) is 2.75. The molecule has 0 atom stereocenters. The fraction of sp³-hybridized carbons (Fsp3) is 0.300. The summed E-state index contributed by atoms with van der Waals surface area (Å²) in [5.74, 6) is -0.0740. The van der Waals surface area contributed by atoms with Gasteiger partial charge in [0.1, 0.15) is 0 Å². The number of benzene rings is 2. The largest absolute Gasteiger partial charge is 0.385 e. The van der Waals surface area contributed by atoms with Crippen LogP contribution in [0.15, 0.2) is 51.2 Å². The molecular formula is C20H22N2O2S. The number of fused-ring (bicyclic) bond motifs is 2. The summed E-state index contributed by atoms with van der Waals surface area (Å²) < 4.78 is 4.99. The summed E-state index contributed by atoms with van der Waals surface area (Å²) in [6.45, 7) is 3.40. The average Bonchev–Trinajstić information content (AvgIpc) is 2.83. The van der Waals surface area contributed by atoms with Crippen LogP contribution in [0.5, 0.6) is 0 Å². The molecule has 2 aromatic rings. The Labute approximate surface area is 152 Å². The zero-order valence-corrected chi connectivity index (χ0v) is 15.4. The summed E-state index contributed by atoms with van der Waals surface area (Å²) >= 11 is 1.70. The molecule has 130 valence electrons. The van der Waals surface area contributed by atoms with Crippen LogP contribution in [0.1, 0.15) is 34.8 Å². The Balaban J connectivity index is 1.81. The Morgan fingerprint density at radius 2 is 2.12 bits per heavy atom. The van der Waals surface area contributed by atoms with Crippen LogP contribution in [0.3, 0.4) is 0 Å². The molecule has 0 spiro atoms. The highest BCUT2D eigenvalue weighted by molar-refractivity contribution is 7.99. The molecule has 0 bridgehead atoms. The summed E-state index contributed by atoms with van der Waals surface area (Å²) in [4.78, 5) is 19.2. The molecule has 1 N–H and O–H groups in total. The molecular weight excluding hydrogens is 332 g/mol. The van der Waals surface area contributed by atoms with Crippen LogP contribution in [0.4, 0.5) is 5.69 Å². The fourth-order valence-corrected chi connectivity index (χ4v) is 3.78. The Morgan fingerprint density at radius 3 is 2.92 bits per heavy atom. The minimum absolute atomic E-state index is 0.0740. The summed E-state index contributed by atoms with van der Waals surface area (Å²) in [5.41, 5.74) is 3.94. The number of hydrogen-bond donors (Lipinski definition) is 1. The number of nitrogens with one attached hydrogen (secondary N) is 1. The van der Waals surface area contributed by atoms with Gasteiger partial charge in [-0.15, -0.1) is 0 Å². The number of carbonyl (C=O) groups excluding carboxylic acids is 1. The van der Waals surface area contributed by atoms with E-state index in [1.807, 2.05) is 24.4 Å². The van der Waals surface area contributed by atoms with Gasteiger partial charge in [0, 0.05) is 47.4 Å². The first-order chi connectivity index (χ1) is 12.2. The Kier molecular flexibility index (Phi) is 5.89. The van der Waals surface area contributed by atoms with Gasteiger partial charge in [-0.05, 0) is 42.7 Å². The van der Waals surface area contributed by atoms with Gasteiger partial charge in [-0.25, -0.2) is 0 Å². The third kappa shape index (κ3) is 4.11. The molecule has 3 rings (SSSR count). The number of aryl methyl sites for hydroxylation is 1. The molecule has 0 saturated heterocycles. The van der Waals surface area contributed by atoms with Crippen molar-refractivity contribution in [2.45, 2.75) is 29.6 Å². The first kappa shape index (κ1) is 17.7. The van der Waals surface area contributed by atoms with Crippen molar-refractivity contribution in [2.75, 3.05) is 20.3 Å². The van der Waals surface area contributed by atoms with Crippen LogP contribution in [-0.4, -0.2) is 32.4 Å². The Morgan fingerprint density at radius 1 is 1.24 bits per heavy atom. The lowest BCUT2D eigenvalue weighted by atomic mass is 10.1. The zero-order chi connectivity index (χ0) is 17.6. The lowest BCUT2D eigenvalue weighted by molar-refractivity contribution is 0.0948. The van der Waals surface area contributed by atoms with E-state index < -0.39 is 0 Å². The van der Waals surface area contributed by atoms with E-state index in [2.05, 4.69) is 35.4 Å². The van der Waals surface area contributed by atoms with Gasteiger partial charge in [0.2, 0.25) is 0 Å². The van der Waals surface area contributed by atoms with Crippen molar-refractivity contribution in [3.05, 3.63) is 53.1 Å². The van der Waals surface area contributed by atoms with Gasteiger partial charge < -0.3 is 10.1 Å². The molecule has 4 nitrogen and oxygen atoms in total. The van der Waals surface area contributed by atoms with Crippen molar-refractivity contribution in [3.63, 3.8) is 0 Å². The number of hydrogen-bond acceptors (Lipinski definition) is 4. The molecule has 0 fully saturated rings. The van der Waals surface area contributed by atoms with E-state index in [1.54, 1.807) is 18.9 Å². The van der Waals surface area contributed by atoms with Crippen molar-refractivity contribution in [1.29, 1.82) is 0 Å². The van der Waals surface area contributed by atoms with Gasteiger partial charge in [0.15, 0.2) is 0 Å². The van der Waals surface area contributed by atoms with Gasteiger partial charge in [0.25, 0.3) is 5.91 Å². The van der Waals surface area contributed by atoms with E-state index in [4.69, 9.17) is 4.74 Å². The number of ether oxygens (including phenoxy) is 1. The molecule has 25 heavy (non-hydrogen) atoms. The lowest BCUT2D eigenvalue weighted by Crippen LogP contribution is -2.25. The van der Waals surface area contributed by atoms with E-state index in [1.165, 1.54) is 16.0 Å². The minimum Gasteiger partial charge on any atom is -0.385 e. The molecule has 1 amide bonds. The number of aliphatic imine (C=N–C) groups is 1. The Hall–Kier alpha value is -2.11. The number of carbonyl (C=O) groups is 1. The number of rotatable bonds is 6. The van der Waals surface area contributed by atoms with Gasteiger partial charge in [-0.2, -0.15) is 0 Å². The second-order valence-electron chi connectivity index (χ2n) is 5.83. The van der Waals surface area contributed by atoms with Crippen molar-refractivity contribution < 1.29 is 9.53 Å². The van der Waals surface area contributed by atoms with Crippen LogP contribution in [0.2, 0.25) is 0 Å². The van der Waals surface area contributed by atoms with Crippen LogP contribution >= 0.6 is 11.8 Å². The standard InChI is InChI=1S/C20H22N2O2S/c1-3-14-6-4-7-18-16(14)13-22-17-12-15(8-9-19(17)25-18)20(23)21-10-5-11-24-2/h4,6-9,12-13H,3,5,10-11H2,1-2H3,(H,21,23). The maximum Gasteiger partial charge on any atom is 0.251 e. The SMILES string of the molecule is CCc1cccc2c1C=Nc1cc(C(=O)NCCCOC)ccc1S2. The normalized spacial score (nSPS) is 12.2. The quantitative estimate of drug-likeness (QED) is 0.674. The molecule has 1 aliphatic rings. The van der Waals surface area contributed by atoms with Crippen molar-refractivity contribution >= 4 is 29.6 Å². The smallest absolute Gasteiger partial charge is 0.251 e. The Bertz CT molecular complexity index is 802. The maximum absolute atomic E-state index is 12.3. The molecule has 0 aliphatic carbocycles.